The second-order valence-electron chi connectivity index (χ2n) is 5.73. The molecule has 1 fully saturated rings. The van der Waals surface area contributed by atoms with E-state index in [9.17, 15) is 0 Å². The third-order valence-corrected chi connectivity index (χ3v) is 4.02. The molecule has 1 aromatic heterocycles. The highest BCUT2D eigenvalue weighted by molar-refractivity contribution is 5.45. The molecule has 1 saturated heterocycles. The number of aromatic nitrogens is 3. The zero-order valence-corrected chi connectivity index (χ0v) is 13.8. The minimum Gasteiger partial charge on any atom is -0.354 e. The van der Waals surface area contributed by atoms with Crippen LogP contribution < -0.4 is 15.1 Å². The summed E-state index contributed by atoms with van der Waals surface area (Å²) in [4.78, 5) is 18.2. The van der Waals surface area contributed by atoms with Gasteiger partial charge in [0.05, 0.1) is 0 Å². The summed E-state index contributed by atoms with van der Waals surface area (Å²) in [6.45, 7) is 9.39. The van der Waals surface area contributed by atoms with E-state index in [0.29, 0.717) is 12.0 Å². The van der Waals surface area contributed by atoms with Gasteiger partial charge in [0, 0.05) is 32.7 Å². The fourth-order valence-corrected chi connectivity index (χ4v) is 2.62. The van der Waals surface area contributed by atoms with E-state index in [4.69, 9.17) is 4.98 Å². The van der Waals surface area contributed by atoms with Gasteiger partial charge in [-0.1, -0.05) is 13.3 Å². The average Bonchev–Trinajstić information content (AvgIpc) is 3.01. The molecule has 2 rings (SSSR count). The molecule has 1 atom stereocenters. The lowest BCUT2D eigenvalue weighted by molar-refractivity contribution is 0.604. The van der Waals surface area contributed by atoms with Crippen LogP contribution in [0.25, 0.3) is 0 Å². The van der Waals surface area contributed by atoms with Crippen LogP contribution in [0.3, 0.4) is 0 Å². The lowest BCUT2D eigenvalue weighted by Gasteiger charge is -2.26. The summed E-state index contributed by atoms with van der Waals surface area (Å²) in [6.07, 6.45) is 4.74. The molecule has 0 amide bonds. The number of anilines is 3. The highest BCUT2D eigenvalue weighted by atomic mass is 15.4. The first-order chi connectivity index (χ1) is 10.2. The second-order valence-corrected chi connectivity index (χ2v) is 5.73. The second kappa shape index (κ2) is 7.43. The molecule has 1 aromatic rings. The van der Waals surface area contributed by atoms with Gasteiger partial charge in [-0.2, -0.15) is 15.0 Å². The Labute approximate surface area is 128 Å². The molecule has 118 valence electrons. The predicted molar refractivity (Wildman–Crippen MR) is 88.2 cm³/mol. The van der Waals surface area contributed by atoms with Crippen LogP contribution in [0, 0.1) is 0 Å². The smallest absolute Gasteiger partial charge is 0.231 e. The molecular weight excluding hydrogens is 264 g/mol. The number of nitrogens with one attached hydrogen (secondary N) is 1. The van der Waals surface area contributed by atoms with Gasteiger partial charge in [-0.15, -0.1) is 0 Å². The lowest BCUT2D eigenvalue weighted by Crippen LogP contribution is -2.32. The number of nitrogens with zero attached hydrogens (tertiary/aromatic N) is 5. The first-order valence-corrected chi connectivity index (χ1v) is 8.13. The monoisotopic (exact) mass is 292 g/mol. The van der Waals surface area contributed by atoms with Crippen molar-refractivity contribution in [3.63, 3.8) is 0 Å². The Bertz CT molecular complexity index is 444. The van der Waals surface area contributed by atoms with E-state index in [2.05, 4.69) is 52.9 Å². The van der Waals surface area contributed by atoms with Crippen molar-refractivity contribution in [1.82, 2.24) is 15.0 Å². The van der Waals surface area contributed by atoms with Crippen molar-refractivity contribution in [1.29, 1.82) is 0 Å². The Balaban J connectivity index is 2.26. The van der Waals surface area contributed by atoms with Crippen LogP contribution in [0.15, 0.2) is 0 Å². The van der Waals surface area contributed by atoms with Gasteiger partial charge in [-0.05, 0) is 33.1 Å². The maximum absolute atomic E-state index is 4.69. The fraction of sp³-hybridized carbons (Fsp3) is 0.800. The van der Waals surface area contributed by atoms with Crippen molar-refractivity contribution in [2.45, 2.75) is 52.5 Å². The molecule has 6 heteroatoms. The van der Waals surface area contributed by atoms with E-state index in [1.807, 2.05) is 0 Å². The van der Waals surface area contributed by atoms with Crippen LogP contribution in [-0.4, -0.2) is 47.7 Å². The zero-order chi connectivity index (χ0) is 15.2. The van der Waals surface area contributed by atoms with Gasteiger partial charge in [0.25, 0.3) is 0 Å². The number of hydrogen-bond acceptors (Lipinski definition) is 6. The molecule has 0 spiro atoms. The first kappa shape index (κ1) is 15.8. The summed E-state index contributed by atoms with van der Waals surface area (Å²) in [5.41, 5.74) is 0. The molecule has 0 aromatic carbocycles. The Kier molecular flexibility index (Phi) is 5.59. The molecule has 0 bridgehead atoms. The fourth-order valence-electron chi connectivity index (χ4n) is 2.62. The maximum Gasteiger partial charge on any atom is 0.231 e. The molecule has 2 heterocycles. The SMILES string of the molecule is CCCC(C)N(C)c1nc(NCC)nc(N2CCCC2)n1. The molecule has 0 radical (unpaired) electrons. The molecule has 6 nitrogen and oxygen atoms in total. The summed E-state index contributed by atoms with van der Waals surface area (Å²) in [6, 6.07) is 0.429. The lowest BCUT2D eigenvalue weighted by atomic mass is 10.2. The normalized spacial score (nSPS) is 16.1. The van der Waals surface area contributed by atoms with Gasteiger partial charge in [0.15, 0.2) is 0 Å². The Morgan fingerprint density at radius 3 is 2.52 bits per heavy atom. The van der Waals surface area contributed by atoms with Gasteiger partial charge in [0.1, 0.15) is 0 Å². The van der Waals surface area contributed by atoms with Gasteiger partial charge < -0.3 is 15.1 Å². The van der Waals surface area contributed by atoms with Crippen molar-refractivity contribution in [3.8, 4) is 0 Å². The summed E-state index contributed by atoms with van der Waals surface area (Å²) in [7, 11) is 2.07. The molecule has 0 saturated carbocycles. The van der Waals surface area contributed by atoms with Crippen LogP contribution in [0.2, 0.25) is 0 Å². The van der Waals surface area contributed by atoms with E-state index in [1.54, 1.807) is 0 Å². The Morgan fingerprint density at radius 2 is 1.90 bits per heavy atom. The van der Waals surface area contributed by atoms with E-state index < -0.39 is 0 Å². The molecular formula is C15H28N6. The number of rotatable bonds is 7. The third kappa shape index (κ3) is 3.95. The summed E-state index contributed by atoms with van der Waals surface area (Å²) in [5, 5.41) is 3.22. The van der Waals surface area contributed by atoms with Crippen molar-refractivity contribution in [2.24, 2.45) is 0 Å². The maximum atomic E-state index is 4.69. The topological polar surface area (TPSA) is 57.2 Å². The van der Waals surface area contributed by atoms with Crippen LogP contribution in [0.1, 0.15) is 46.5 Å². The van der Waals surface area contributed by atoms with Crippen LogP contribution in [0.5, 0.6) is 0 Å². The Hall–Kier alpha value is -1.59. The third-order valence-electron chi connectivity index (χ3n) is 4.02. The van der Waals surface area contributed by atoms with Crippen LogP contribution >= 0.6 is 0 Å². The first-order valence-electron chi connectivity index (χ1n) is 8.13. The van der Waals surface area contributed by atoms with Crippen LogP contribution in [0.4, 0.5) is 17.8 Å². The van der Waals surface area contributed by atoms with Crippen molar-refractivity contribution < 1.29 is 0 Å². The van der Waals surface area contributed by atoms with E-state index in [-0.39, 0.29) is 0 Å². The standard InChI is InChI=1S/C15H28N6/c1-5-9-12(3)20(4)14-17-13(16-6-2)18-15(19-14)21-10-7-8-11-21/h12H,5-11H2,1-4H3,(H,16,17,18,19). The van der Waals surface area contributed by atoms with Crippen molar-refractivity contribution in [3.05, 3.63) is 0 Å². The van der Waals surface area contributed by atoms with Crippen molar-refractivity contribution >= 4 is 17.8 Å². The van der Waals surface area contributed by atoms with Crippen LogP contribution in [-0.2, 0) is 0 Å². The molecule has 1 aliphatic rings. The average molecular weight is 292 g/mol. The molecule has 21 heavy (non-hydrogen) atoms. The van der Waals surface area contributed by atoms with Gasteiger partial charge >= 0.3 is 0 Å². The van der Waals surface area contributed by atoms with Gasteiger partial charge in [-0.25, -0.2) is 0 Å². The Morgan fingerprint density at radius 1 is 1.19 bits per heavy atom. The summed E-state index contributed by atoms with van der Waals surface area (Å²) < 4.78 is 0. The quantitative estimate of drug-likeness (QED) is 0.833. The largest absolute Gasteiger partial charge is 0.354 e. The molecule has 1 unspecified atom stereocenters. The minimum absolute atomic E-state index is 0.429. The highest BCUT2D eigenvalue weighted by Gasteiger charge is 2.20. The van der Waals surface area contributed by atoms with E-state index >= 15 is 0 Å². The number of hydrogen-bond donors (Lipinski definition) is 1. The van der Waals surface area contributed by atoms with Gasteiger partial charge in [0.2, 0.25) is 17.8 Å². The van der Waals surface area contributed by atoms with E-state index in [1.165, 1.54) is 12.8 Å². The predicted octanol–water partition coefficient (Wildman–Crippen LogP) is 2.53. The molecule has 0 aliphatic carbocycles. The summed E-state index contributed by atoms with van der Waals surface area (Å²) in [5.74, 6) is 2.26. The van der Waals surface area contributed by atoms with Gasteiger partial charge in [-0.3, -0.25) is 0 Å². The molecule has 1 aliphatic heterocycles. The van der Waals surface area contributed by atoms with Crippen molar-refractivity contribution in [2.75, 3.05) is 41.8 Å². The minimum atomic E-state index is 0.429. The highest BCUT2D eigenvalue weighted by Crippen LogP contribution is 2.21. The molecule has 1 N–H and O–H groups in total. The van der Waals surface area contributed by atoms with E-state index in [0.717, 1.165) is 44.4 Å². The zero-order valence-electron chi connectivity index (χ0n) is 13.8. The summed E-state index contributed by atoms with van der Waals surface area (Å²) >= 11 is 0.